The fraction of sp³-hybridized carbons (Fsp3) is 0.625. The third kappa shape index (κ3) is 3.82. The lowest BCUT2D eigenvalue weighted by Gasteiger charge is -2.26. The second-order valence-corrected chi connectivity index (χ2v) is 5.70. The topological polar surface area (TPSA) is 15.3 Å². The summed E-state index contributed by atoms with van der Waals surface area (Å²) in [5.41, 5.74) is 1.40. The van der Waals surface area contributed by atoms with Crippen LogP contribution in [0.2, 0.25) is 0 Å². The number of nitrogens with one attached hydrogen (secondary N) is 1. The first-order valence-electron chi connectivity index (χ1n) is 7.19. The van der Waals surface area contributed by atoms with Crippen LogP contribution >= 0.6 is 0 Å². The van der Waals surface area contributed by atoms with Crippen LogP contribution in [0, 0.1) is 5.92 Å². The number of hydrogen-bond acceptors (Lipinski definition) is 2. The van der Waals surface area contributed by atoms with Gasteiger partial charge in [-0.25, -0.2) is 0 Å². The van der Waals surface area contributed by atoms with E-state index in [0.717, 1.165) is 12.5 Å². The Kier molecular flexibility index (Phi) is 5.21. The predicted octanol–water partition coefficient (Wildman–Crippen LogP) is 3.07. The van der Waals surface area contributed by atoms with Crippen molar-refractivity contribution >= 4 is 0 Å². The Balaban J connectivity index is 1.83. The number of likely N-dealkylation sites (N-methyl/N-ethyl adjacent to an activating group) is 1. The zero-order chi connectivity index (χ0) is 12.8. The molecule has 2 nitrogen and oxygen atoms in total. The van der Waals surface area contributed by atoms with Crippen LogP contribution in [-0.2, 0) is 0 Å². The molecular weight excluding hydrogens is 220 g/mol. The molecule has 0 spiro atoms. The van der Waals surface area contributed by atoms with E-state index in [0.29, 0.717) is 6.04 Å². The highest BCUT2D eigenvalue weighted by atomic mass is 15.1. The molecule has 2 rings (SSSR count). The van der Waals surface area contributed by atoms with Gasteiger partial charge in [0.05, 0.1) is 0 Å². The van der Waals surface area contributed by atoms with Gasteiger partial charge in [0.15, 0.2) is 0 Å². The van der Waals surface area contributed by atoms with Gasteiger partial charge in [-0.2, -0.15) is 0 Å². The molecule has 0 saturated heterocycles. The summed E-state index contributed by atoms with van der Waals surface area (Å²) in [5.74, 6) is 0.920. The lowest BCUT2D eigenvalue weighted by molar-refractivity contribution is 0.283. The number of benzene rings is 1. The normalized spacial score (nSPS) is 18.4. The molecule has 0 amide bonds. The molecule has 18 heavy (non-hydrogen) atoms. The molecule has 0 aromatic heterocycles. The molecule has 0 radical (unpaired) electrons. The van der Waals surface area contributed by atoms with Crippen molar-refractivity contribution in [1.82, 2.24) is 10.2 Å². The third-order valence-electron chi connectivity index (χ3n) is 4.05. The zero-order valence-corrected chi connectivity index (χ0v) is 11.7. The van der Waals surface area contributed by atoms with Gasteiger partial charge in [-0.05, 0) is 45.0 Å². The minimum Gasteiger partial charge on any atom is -0.315 e. The summed E-state index contributed by atoms with van der Waals surface area (Å²) in [7, 11) is 4.32. The molecule has 1 N–H and O–H groups in total. The Morgan fingerprint density at radius 1 is 1.17 bits per heavy atom. The highest BCUT2D eigenvalue weighted by molar-refractivity contribution is 5.19. The SMILES string of the molecule is CN(C)C(CNCC1CCCC1)c1ccccc1. The van der Waals surface area contributed by atoms with Crippen LogP contribution in [0.4, 0.5) is 0 Å². The smallest absolute Gasteiger partial charge is 0.0466 e. The summed E-state index contributed by atoms with van der Waals surface area (Å²) in [6, 6.07) is 11.3. The van der Waals surface area contributed by atoms with Gasteiger partial charge in [0.1, 0.15) is 0 Å². The summed E-state index contributed by atoms with van der Waals surface area (Å²) >= 11 is 0. The molecule has 0 bridgehead atoms. The molecule has 2 heteroatoms. The van der Waals surface area contributed by atoms with Crippen molar-refractivity contribution in [2.24, 2.45) is 5.92 Å². The van der Waals surface area contributed by atoms with Crippen LogP contribution in [0.3, 0.4) is 0 Å². The maximum absolute atomic E-state index is 3.67. The molecule has 0 heterocycles. The van der Waals surface area contributed by atoms with Crippen LogP contribution in [0.15, 0.2) is 30.3 Å². The number of hydrogen-bond donors (Lipinski definition) is 1. The molecule has 0 aliphatic heterocycles. The molecule has 1 aliphatic rings. The van der Waals surface area contributed by atoms with Gasteiger partial charge in [-0.3, -0.25) is 0 Å². The van der Waals surface area contributed by atoms with Crippen LogP contribution in [-0.4, -0.2) is 32.1 Å². The van der Waals surface area contributed by atoms with Crippen molar-refractivity contribution in [3.8, 4) is 0 Å². The number of rotatable bonds is 6. The number of nitrogens with zero attached hydrogens (tertiary/aromatic N) is 1. The van der Waals surface area contributed by atoms with Crippen LogP contribution < -0.4 is 5.32 Å². The fourth-order valence-corrected chi connectivity index (χ4v) is 2.91. The average molecular weight is 246 g/mol. The maximum Gasteiger partial charge on any atom is 0.0466 e. The Bertz CT molecular complexity index is 328. The summed E-state index contributed by atoms with van der Waals surface area (Å²) in [6.07, 6.45) is 5.71. The largest absolute Gasteiger partial charge is 0.315 e. The van der Waals surface area contributed by atoms with Crippen LogP contribution in [0.25, 0.3) is 0 Å². The quantitative estimate of drug-likeness (QED) is 0.830. The Hall–Kier alpha value is -0.860. The lowest BCUT2D eigenvalue weighted by atomic mass is 10.1. The summed E-state index contributed by atoms with van der Waals surface area (Å²) < 4.78 is 0. The molecule has 1 unspecified atom stereocenters. The van der Waals surface area contributed by atoms with E-state index >= 15 is 0 Å². The van der Waals surface area contributed by atoms with E-state index in [1.54, 1.807) is 0 Å². The van der Waals surface area contributed by atoms with Crippen molar-refractivity contribution < 1.29 is 0 Å². The van der Waals surface area contributed by atoms with Gasteiger partial charge >= 0.3 is 0 Å². The molecule has 1 aliphatic carbocycles. The van der Waals surface area contributed by atoms with Gasteiger partial charge in [0, 0.05) is 12.6 Å². The minimum absolute atomic E-state index is 0.479. The molecule has 1 fully saturated rings. The Morgan fingerprint density at radius 3 is 2.44 bits per heavy atom. The van der Waals surface area contributed by atoms with E-state index in [2.05, 4.69) is 54.6 Å². The van der Waals surface area contributed by atoms with E-state index in [1.165, 1.54) is 37.8 Å². The van der Waals surface area contributed by atoms with Gasteiger partial charge in [0.25, 0.3) is 0 Å². The highest BCUT2D eigenvalue weighted by Gasteiger charge is 2.17. The molecule has 1 atom stereocenters. The van der Waals surface area contributed by atoms with Crippen LogP contribution in [0.5, 0.6) is 0 Å². The highest BCUT2D eigenvalue weighted by Crippen LogP contribution is 2.24. The zero-order valence-electron chi connectivity index (χ0n) is 11.7. The molecule has 1 aromatic carbocycles. The van der Waals surface area contributed by atoms with E-state index in [-0.39, 0.29) is 0 Å². The van der Waals surface area contributed by atoms with Crippen LogP contribution in [0.1, 0.15) is 37.3 Å². The van der Waals surface area contributed by atoms with Crippen molar-refractivity contribution in [2.45, 2.75) is 31.7 Å². The van der Waals surface area contributed by atoms with Crippen molar-refractivity contribution in [1.29, 1.82) is 0 Å². The third-order valence-corrected chi connectivity index (χ3v) is 4.05. The van der Waals surface area contributed by atoms with Crippen molar-refractivity contribution in [2.75, 3.05) is 27.2 Å². The van der Waals surface area contributed by atoms with E-state index in [1.807, 2.05) is 0 Å². The first-order valence-corrected chi connectivity index (χ1v) is 7.19. The molecule has 100 valence electrons. The van der Waals surface area contributed by atoms with Crippen molar-refractivity contribution in [3.63, 3.8) is 0 Å². The molecule has 1 saturated carbocycles. The predicted molar refractivity (Wildman–Crippen MR) is 77.7 cm³/mol. The van der Waals surface area contributed by atoms with Gasteiger partial charge < -0.3 is 10.2 Å². The fourth-order valence-electron chi connectivity index (χ4n) is 2.91. The molecule has 1 aromatic rings. The van der Waals surface area contributed by atoms with Gasteiger partial charge in [0.2, 0.25) is 0 Å². The van der Waals surface area contributed by atoms with E-state index in [4.69, 9.17) is 0 Å². The Morgan fingerprint density at radius 2 is 1.83 bits per heavy atom. The Labute approximate surface area is 111 Å². The standard InChI is InChI=1S/C16H26N2/c1-18(2)16(15-10-4-3-5-11-15)13-17-12-14-8-6-7-9-14/h3-5,10-11,14,16-17H,6-9,12-13H2,1-2H3. The second-order valence-electron chi connectivity index (χ2n) is 5.70. The van der Waals surface area contributed by atoms with Gasteiger partial charge in [-0.1, -0.05) is 43.2 Å². The summed E-state index contributed by atoms with van der Waals surface area (Å²) in [4.78, 5) is 2.30. The van der Waals surface area contributed by atoms with Gasteiger partial charge in [-0.15, -0.1) is 0 Å². The lowest BCUT2D eigenvalue weighted by Crippen LogP contribution is -2.33. The average Bonchev–Trinajstić information content (AvgIpc) is 2.88. The van der Waals surface area contributed by atoms with Crippen molar-refractivity contribution in [3.05, 3.63) is 35.9 Å². The summed E-state index contributed by atoms with van der Waals surface area (Å²) in [5, 5.41) is 3.67. The molecular formula is C16H26N2. The summed E-state index contributed by atoms with van der Waals surface area (Å²) in [6.45, 7) is 2.24. The minimum atomic E-state index is 0.479. The second kappa shape index (κ2) is 6.91. The first-order chi connectivity index (χ1) is 8.77. The van der Waals surface area contributed by atoms with E-state index in [9.17, 15) is 0 Å². The first kappa shape index (κ1) is 13.6. The van der Waals surface area contributed by atoms with E-state index < -0.39 is 0 Å². The monoisotopic (exact) mass is 246 g/mol. The maximum atomic E-state index is 3.67.